The van der Waals surface area contributed by atoms with Crippen LogP contribution in [0.2, 0.25) is 0 Å². The number of carbonyl (C=O) groups excluding carboxylic acids is 2. The highest BCUT2D eigenvalue weighted by Crippen LogP contribution is 2.17. The third-order valence-corrected chi connectivity index (χ3v) is 3.46. The fraction of sp³-hybridized carbons (Fsp3) is 0.867. The molecule has 22 heavy (non-hydrogen) atoms. The molecule has 0 aromatic heterocycles. The first-order valence-corrected chi connectivity index (χ1v) is 7.78. The number of nitrogens with two attached hydrogens (primary N) is 1. The molecule has 130 valence electrons. The van der Waals surface area contributed by atoms with E-state index in [1.807, 2.05) is 13.8 Å². The Kier molecular flexibility index (Phi) is 8.78. The number of rotatable bonds is 5. The SMILES string of the molecule is CC(C)CNC(=O)N1CCCC(C(=O)NCC(C)(C)N)C1.Cl. The van der Waals surface area contributed by atoms with Gasteiger partial charge in [0.1, 0.15) is 0 Å². The van der Waals surface area contributed by atoms with Crippen molar-refractivity contribution in [3.63, 3.8) is 0 Å². The van der Waals surface area contributed by atoms with E-state index in [9.17, 15) is 9.59 Å². The summed E-state index contributed by atoms with van der Waals surface area (Å²) in [5.41, 5.74) is 5.45. The van der Waals surface area contributed by atoms with Crippen molar-refractivity contribution in [3.8, 4) is 0 Å². The molecule has 3 amide bonds. The minimum absolute atomic E-state index is 0. The van der Waals surface area contributed by atoms with Crippen molar-refractivity contribution in [2.45, 2.75) is 46.1 Å². The van der Waals surface area contributed by atoms with Crippen LogP contribution in [-0.2, 0) is 4.79 Å². The van der Waals surface area contributed by atoms with Gasteiger partial charge in [0.05, 0.1) is 5.92 Å². The van der Waals surface area contributed by atoms with Crippen LogP contribution >= 0.6 is 12.4 Å². The summed E-state index contributed by atoms with van der Waals surface area (Å²) in [6.45, 7) is 10.2. The molecule has 1 saturated heterocycles. The van der Waals surface area contributed by atoms with E-state index in [4.69, 9.17) is 5.73 Å². The van der Waals surface area contributed by atoms with Gasteiger partial charge in [-0.15, -0.1) is 12.4 Å². The molecule has 0 saturated carbocycles. The normalized spacial score (nSPS) is 18.6. The second-order valence-electron chi connectivity index (χ2n) is 7.07. The van der Waals surface area contributed by atoms with Gasteiger partial charge in [-0.1, -0.05) is 13.8 Å². The van der Waals surface area contributed by atoms with Gasteiger partial charge < -0.3 is 21.3 Å². The molecule has 1 aliphatic heterocycles. The maximum Gasteiger partial charge on any atom is 0.317 e. The van der Waals surface area contributed by atoms with Gasteiger partial charge in [0.15, 0.2) is 0 Å². The first-order chi connectivity index (χ1) is 9.69. The molecule has 1 aliphatic rings. The van der Waals surface area contributed by atoms with Gasteiger partial charge in [-0.05, 0) is 32.6 Å². The Bertz CT molecular complexity index is 369. The average Bonchev–Trinajstić information content (AvgIpc) is 2.41. The first kappa shape index (κ1) is 21.0. The lowest BCUT2D eigenvalue weighted by atomic mass is 9.97. The highest BCUT2D eigenvalue weighted by molar-refractivity contribution is 5.85. The van der Waals surface area contributed by atoms with Gasteiger partial charge in [-0.3, -0.25) is 4.79 Å². The number of nitrogens with zero attached hydrogens (tertiary/aromatic N) is 1. The van der Waals surface area contributed by atoms with Gasteiger partial charge in [-0.2, -0.15) is 0 Å². The van der Waals surface area contributed by atoms with Crippen LogP contribution in [0.3, 0.4) is 0 Å². The van der Waals surface area contributed by atoms with Crippen LogP contribution in [-0.4, -0.2) is 48.6 Å². The molecule has 0 radical (unpaired) electrons. The van der Waals surface area contributed by atoms with E-state index in [2.05, 4.69) is 24.5 Å². The highest BCUT2D eigenvalue weighted by Gasteiger charge is 2.28. The average molecular weight is 335 g/mol. The van der Waals surface area contributed by atoms with Crippen LogP contribution in [0.5, 0.6) is 0 Å². The first-order valence-electron chi connectivity index (χ1n) is 7.78. The minimum Gasteiger partial charge on any atom is -0.354 e. The van der Waals surface area contributed by atoms with Crippen molar-refractivity contribution in [1.29, 1.82) is 0 Å². The quantitative estimate of drug-likeness (QED) is 0.709. The van der Waals surface area contributed by atoms with Crippen LogP contribution < -0.4 is 16.4 Å². The smallest absolute Gasteiger partial charge is 0.317 e. The molecule has 4 N–H and O–H groups in total. The molecule has 1 rings (SSSR count). The van der Waals surface area contributed by atoms with Crippen LogP contribution in [0.15, 0.2) is 0 Å². The number of hydrogen-bond donors (Lipinski definition) is 3. The Morgan fingerprint density at radius 2 is 1.95 bits per heavy atom. The van der Waals surface area contributed by atoms with E-state index >= 15 is 0 Å². The zero-order valence-corrected chi connectivity index (χ0v) is 15.0. The van der Waals surface area contributed by atoms with Crippen molar-refractivity contribution in [2.24, 2.45) is 17.6 Å². The largest absolute Gasteiger partial charge is 0.354 e. The van der Waals surface area contributed by atoms with E-state index in [-0.39, 0.29) is 30.3 Å². The maximum absolute atomic E-state index is 12.2. The van der Waals surface area contributed by atoms with Crippen molar-refractivity contribution in [1.82, 2.24) is 15.5 Å². The van der Waals surface area contributed by atoms with E-state index in [0.29, 0.717) is 25.6 Å². The molecule has 0 aliphatic carbocycles. The Morgan fingerprint density at radius 3 is 2.50 bits per heavy atom. The van der Waals surface area contributed by atoms with Gasteiger partial charge in [0.25, 0.3) is 0 Å². The molecule has 0 spiro atoms. The number of hydrogen-bond acceptors (Lipinski definition) is 3. The van der Waals surface area contributed by atoms with Crippen LogP contribution in [0, 0.1) is 11.8 Å². The zero-order valence-electron chi connectivity index (χ0n) is 14.1. The Labute approximate surface area is 140 Å². The maximum atomic E-state index is 12.2. The highest BCUT2D eigenvalue weighted by atomic mass is 35.5. The second kappa shape index (κ2) is 9.20. The lowest BCUT2D eigenvalue weighted by molar-refractivity contribution is -0.126. The predicted octanol–water partition coefficient (Wildman–Crippen LogP) is 1.34. The van der Waals surface area contributed by atoms with Crippen molar-refractivity contribution in [3.05, 3.63) is 0 Å². The molecule has 1 unspecified atom stereocenters. The Morgan fingerprint density at radius 1 is 1.32 bits per heavy atom. The number of halogens is 1. The molecular formula is C15H31ClN4O2. The van der Waals surface area contributed by atoms with E-state index in [1.54, 1.807) is 4.90 Å². The molecule has 1 fully saturated rings. The van der Waals surface area contributed by atoms with Gasteiger partial charge in [0.2, 0.25) is 5.91 Å². The second-order valence-corrected chi connectivity index (χ2v) is 7.07. The van der Waals surface area contributed by atoms with Gasteiger partial charge in [0, 0.05) is 31.7 Å². The summed E-state index contributed by atoms with van der Waals surface area (Å²) in [6, 6.07) is -0.0691. The van der Waals surface area contributed by atoms with Crippen LogP contribution in [0.4, 0.5) is 4.79 Å². The molecule has 0 aromatic carbocycles. The van der Waals surface area contributed by atoms with E-state index < -0.39 is 5.54 Å². The number of nitrogens with one attached hydrogen (secondary N) is 2. The molecule has 1 atom stereocenters. The summed E-state index contributed by atoms with van der Waals surface area (Å²) in [6.07, 6.45) is 1.68. The van der Waals surface area contributed by atoms with Crippen molar-refractivity contribution < 1.29 is 9.59 Å². The summed E-state index contributed by atoms with van der Waals surface area (Å²) < 4.78 is 0. The van der Waals surface area contributed by atoms with Crippen LogP contribution in [0.1, 0.15) is 40.5 Å². The summed E-state index contributed by atoms with van der Waals surface area (Å²) in [7, 11) is 0. The lowest BCUT2D eigenvalue weighted by Gasteiger charge is -2.32. The third kappa shape index (κ3) is 7.84. The van der Waals surface area contributed by atoms with E-state index in [0.717, 1.165) is 19.4 Å². The molecule has 0 aromatic rings. The number of likely N-dealkylation sites (tertiary alicyclic amines) is 1. The zero-order chi connectivity index (χ0) is 16.0. The standard InChI is InChI=1S/C15H30N4O2.ClH/c1-11(2)8-17-14(21)19-7-5-6-12(9-19)13(20)18-10-15(3,4)16;/h11-12H,5-10,16H2,1-4H3,(H,17,21)(H,18,20);1H. The van der Waals surface area contributed by atoms with Crippen LogP contribution in [0.25, 0.3) is 0 Å². The fourth-order valence-corrected chi connectivity index (χ4v) is 2.24. The van der Waals surface area contributed by atoms with Gasteiger partial charge in [-0.25, -0.2) is 4.79 Å². The number of carbonyl (C=O) groups is 2. The fourth-order valence-electron chi connectivity index (χ4n) is 2.24. The summed E-state index contributed by atoms with van der Waals surface area (Å²) in [5, 5.41) is 5.78. The molecule has 7 heteroatoms. The topological polar surface area (TPSA) is 87.5 Å². The predicted molar refractivity (Wildman–Crippen MR) is 91.1 cm³/mol. The Hall–Kier alpha value is -1.01. The summed E-state index contributed by atoms with van der Waals surface area (Å²) in [4.78, 5) is 25.9. The number of urea groups is 1. The monoisotopic (exact) mass is 334 g/mol. The molecule has 0 bridgehead atoms. The van der Waals surface area contributed by atoms with Gasteiger partial charge >= 0.3 is 6.03 Å². The van der Waals surface area contributed by atoms with E-state index in [1.165, 1.54) is 0 Å². The lowest BCUT2D eigenvalue weighted by Crippen LogP contribution is -2.51. The minimum atomic E-state index is -0.418. The number of piperidine rings is 1. The van der Waals surface area contributed by atoms with Crippen molar-refractivity contribution >= 4 is 24.3 Å². The molecular weight excluding hydrogens is 304 g/mol. The third-order valence-electron chi connectivity index (χ3n) is 3.46. The Balaban J connectivity index is 0.00000441. The molecule has 6 nitrogen and oxygen atoms in total. The molecule has 1 heterocycles. The summed E-state index contributed by atoms with van der Waals surface area (Å²) >= 11 is 0. The number of amides is 3. The van der Waals surface area contributed by atoms with Crippen molar-refractivity contribution in [2.75, 3.05) is 26.2 Å². The summed E-state index contributed by atoms with van der Waals surface area (Å²) in [5.74, 6) is 0.283.